The normalized spacial score (nSPS) is 10.4. The van der Waals surface area contributed by atoms with E-state index in [1.54, 1.807) is 13.8 Å². The Labute approximate surface area is 129 Å². The Morgan fingerprint density at radius 3 is 2.27 bits per heavy atom. The van der Waals surface area contributed by atoms with Gasteiger partial charge in [0, 0.05) is 4.88 Å². The molecule has 1 amide bonds. The summed E-state index contributed by atoms with van der Waals surface area (Å²) in [6.07, 6.45) is 0. The number of thiophene rings is 1. The number of rotatable bonds is 3. The average Bonchev–Trinajstić information content (AvgIpc) is 2.72. The number of ether oxygens (including phenoxy) is 1. The van der Waals surface area contributed by atoms with Gasteiger partial charge in [-0.25, -0.2) is 13.6 Å². The minimum absolute atomic E-state index is 0.190. The van der Waals surface area contributed by atoms with E-state index >= 15 is 0 Å². The smallest absolute Gasteiger partial charge is 0.341 e. The molecular formula is C15H13F2NO3S. The fourth-order valence-corrected chi connectivity index (χ4v) is 2.99. The van der Waals surface area contributed by atoms with Gasteiger partial charge in [-0.3, -0.25) is 4.79 Å². The van der Waals surface area contributed by atoms with E-state index < -0.39 is 29.1 Å². The first-order valence-corrected chi connectivity index (χ1v) is 7.12. The Hall–Kier alpha value is -2.28. The zero-order valence-corrected chi connectivity index (χ0v) is 12.9. The van der Waals surface area contributed by atoms with Crippen LogP contribution in [0.4, 0.5) is 13.8 Å². The molecule has 0 bridgehead atoms. The van der Waals surface area contributed by atoms with Crippen molar-refractivity contribution in [1.29, 1.82) is 0 Å². The van der Waals surface area contributed by atoms with Crippen LogP contribution in [0.1, 0.15) is 31.2 Å². The van der Waals surface area contributed by atoms with Crippen molar-refractivity contribution in [2.24, 2.45) is 0 Å². The van der Waals surface area contributed by atoms with Gasteiger partial charge in [-0.05, 0) is 31.5 Å². The molecule has 22 heavy (non-hydrogen) atoms. The fraction of sp³-hybridized carbons (Fsp3) is 0.200. The number of halogens is 2. The minimum atomic E-state index is -0.970. The number of hydrogen-bond donors (Lipinski definition) is 1. The summed E-state index contributed by atoms with van der Waals surface area (Å²) in [7, 11) is 1.22. The molecule has 1 aromatic heterocycles. The highest BCUT2D eigenvalue weighted by atomic mass is 32.1. The number of aryl methyl sites for hydroxylation is 1. The van der Waals surface area contributed by atoms with E-state index in [2.05, 4.69) is 10.1 Å². The molecule has 2 rings (SSSR count). The van der Waals surface area contributed by atoms with Crippen molar-refractivity contribution in [3.05, 3.63) is 51.4 Å². The Balaban J connectivity index is 2.41. The number of benzene rings is 1. The lowest BCUT2D eigenvalue weighted by Gasteiger charge is -2.07. The van der Waals surface area contributed by atoms with E-state index in [9.17, 15) is 18.4 Å². The average molecular weight is 325 g/mol. The Kier molecular flexibility index (Phi) is 4.56. The molecule has 0 saturated carbocycles. The van der Waals surface area contributed by atoms with E-state index in [-0.39, 0.29) is 10.6 Å². The molecule has 0 aliphatic rings. The lowest BCUT2D eigenvalue weighted by molar-refractivity contribution is 0.0601. The number of nitrogens with one attached hydrogen (secondary N) is 1. The van der Waals surface area contributed by atoms with Gasteiger partial charge in [0.2, 0.25) is 0 Å². The predicted octanol–water partition coefficient (Wildman–Crippen LogP) is 3.68. The van der Waals surface area contributed by atoms with E-state index in [1.807, 2.05) is 0 Å². The zero-order chi connectivity index (χ0) is 16.4. The van der Waals surface area contributed by atoms with Crippen molar-refractivity contribution in [3.63, 3.8) is 0 Å². The van der Waals surface area contributed by atoms with Crippen molar-refractivity contribution in [2.75, 3.05) is 12.4 Å². The van der Waals surface area contributed by atoms with Crippen LogP contribution in [-0.2, 0) is 4.74 Å². The number of amides is 1. The number of methoxy groups -OCH3 is 1. The van der Waals surface area contributed by atoms with Crippen molar-refractivity contribution < 1.29 is 23.1 Å². The molecule has 1 heterocycles. The van der Waals surface area contributed by atoms with E-state index in [4.69, 9.17) is 0 Å². The van der Waals surface area contributed by atoms with Gasteiger partial charge in [0.1, 0.15) is 22.2 Å². The molecule has 0 aliphatic carbocycles. The maximum Gasteiger partial charge on any atom is 0.341 e. The quantitative estimate of drug-likeness (QED) is 0.876. The molecule has 7 heteroatoms. The summed E-state index contributed by atoms with van der Waals surface area (Å²) < 4.78 is 31.9. The van der Waals surface area contributed by atoms with Gasteiger partial charge in [0.25, 0.3) is 5.91 Å². The molecule has 116 valence electrons. The Bertz CT molecular complexity index is 735. The summed E-state index contributed by atoms with van der Waals surface area (Å²) in [5, 5.41) is 2.59. The van der Waals surface area contributed by atoms with Crippen molar-refractivity contribution >= 4 is 28.2 Å². The third kappa shape index (κ3) is 2.85. The van der Waals surface area contributed by atoms with Crippen LogP contribution < -0.4 is 5.32 Å². The van der Waals surface area contributed by atoms with Crippen LogP contribution in [0.5, 0.6) is 0 Å². The summed E-state index contributed by atoms with van der Waals surface area (Å²) in [5.74, 6) is -3.52. The van der Waals surface area contributed by atoms with E-state index in [1.165, 1.54) is 13.2 Å². The highest BCUT2D eigenvalue weighted by Gasteiger charge is 2.24. The number of carbonyl (C=O) groups excluding carboxylic acids is 2. The molecule has 0 saturated heterocycles. The molecule has 4 nitrogen and oxygen atoms in total. The lowest BCUT2D eigenvalue weighted by Crippen LogP contribution is -2.17. The Morgan fingerprint density at radius 1 is 1.14 bits per heavy atom. The molecule has 0 fully saturated rings. The summed E-state index contributed by atoms with van der Waals surface area (Å²) >= 11 is 1.14. The molecule has 0 atom stereocenters. The van der Waals surface area contributed by atoms with Crippen LogP contribution in [0.3, 0.4) is 0 Å². The highest BCUT2D eigenvalue weighted by molar-refractivity contribution is 7.16. The van der Waals surface area contributed by atoms with Crippen LogP contribution in [0.25, 0.3) is 0 Å². The number of anilines is 1. The predicted molar refractivity (Wildman–Crippen MR) is 79.4 cm³/mol. The second kappa shape index (κ2) is 6.23. The first-order valence-electron chi connectivity index (χ1n) is 6.30. The third-order valence-corrected chi connectivity index (χ3v) is 4.31. The molecule has 0 unspecified atom stereocenters. The first-order chi connectivity index (χ1) is 10.4. The molecule has 0 spiro atoms. The molecular weight excluding hydrogens is 312 g/mol. The second-order valence-corrected chi connectivity index (χ2v) is 5.75. The van der Waals surface area contributed by atoms with E-state index in [0.29, 0.717) is 5.56 Å². The molecule has 1 N–H and O–H groups in total. The number of hydrogen-bond acceptors (Lipinski definition) is 4. The Morgan fingerprint density at radius 2 is 1.73 bits per heavy atom. The summed E-state index contributed by atoms with van der Waals surface area (Å²) in [4.78, 5) is 24.7. The van der Waals surface area contributed by atoms with Crippen LogP contribution in [0.2, 0.25) is 0 Å². The van der Waals surface area contributed by atoms with Crippen LogP contribution in [-0.4, -0.2) is 19.0 Å². The number of esters is 1. The van der Waals surface area contributed by atoms with Crippen LogP contribution in [0.15, 0.2) is 18.2 Å². The number of carbonyl (C=O) groups is 2. The van der Waals surface area contributed by atoms with Crippen LogP contribution in [0, 0.1) is 25.5 Å². The SMILES string of the molecule is COC(=O)c1c(NC(=O)c2c(F)cccc2F)sc(C)c1C. The highest BCUT2D eigenvalue weighted by Crippen LogP contribution is 2.33. The zero-order valence-electron chi connectivity index (χ0n) is 12.1. The van der Waals surface area contributed by atoms with Gasteiger partial charge in [-0.1, -0.05) is 6.07 Å². The molecule has 1 aromatic carbocycles. The van der Waals surface area contributed by atoms with Gasteiger partial charge in [0.15, 0.2) is 0 Å². The minimum Gasteiger partial charge on any atom is -0.465 e. The maximum atomic E-state index is 13.6. The van der Waals surface area contributed by atoms with E-state index in [0.717, 1.165) is 28.3 Å². The summed E-state index contributed by atoms with van der Waals surface area (Å²) in [5.41, 5.74) is 0.151. The third-order valence-electron chi connectivity index (χ3n) is 3.19. The van der Waals surface area contributed by atoms with Crippen molar-refractivity contribution in [1.82, 2.24) is 0 Å². The van der Waals surface area contributed by atoms with Gasteiger partial charge in [-0.15, -0.1) is 11.3 Å². The summed E-state index contributed by atoms with van der Waals surface area (Å²) in [6, 6.07) is 3.15. The summed E-state index contributed by atoms with van der Waals surface area (Å²) in [6.45, 7) is 3.48. The first kappa shape index (κ1) is 16.1. The maximum absolute atomic E-state index is 13.6. The molecule has 0 radical (unpaired) electrons. The monoisotopic (exact) mass is 325 g/mol. The van der Waals surface area contributed by atoms with Gasteiger partial charge in [-0.2, -0.15) is 0 Å². The topological polar surface area (TPSA) is 55.4 Å². The second-order valence-electron chi connectivity index (χ2n) is 4.53. The van der Waals surface area contributed by atoms with Crippen molar-refractivity contribution in [3.8, 4) is 0 Å². The van der Waals surface area contributed by atoms with Gasteiger partial charge < -0.3 is 10.1 Å². The fourth-order valence-electron chi connectivity index (χ4n) is 1.94. The van der Waals surface area contributed by atoms with Crippen LogP contribution >= 0.6 is 11.3 Å². The molecule has 0 aliphatic heterocycles. The standard InChI is InChI=1S/C15H13F2NO3S/c1-7-8(2)22-14(11(7)15(20)21-3)18-13(19)12-9(16)5-4-6-10(12)17/h4-6H,1-3H3,(H,18,19). The lowest BCUT2D eigenvalue weighted by atomic mass is 10.1. The molecule has 2 aromatic rings. The largest absolute Gasteiger partial charge is 0.465 e. The van der Waals surface area contributed by atoms with Gasteiger partial charge >= 0.3 is 5.97 Å². The van der Waals surface area contributed by atoms with Crippen molar-refractivity contribution in [2.45, 2.75) is 13.8 Å². The van der Waals surface area contributed by atoms with Gasteiger partial charge in [0.05, 0.1) is 12.7 Å².